The van der Waals surface area contributed by atoms with Crippen LogP contribution in [0, 0.1) is 0 Å². The minimum Gasteiger partial charge on any atom is -0.337 e. The van der Waals surface area contributed by atoms with Crippen molar-refractivity contribution in [3.8, 4) is 0 Å². The molecule has 1 atom stereocenters. The fourth-order valence-corrected chi connectivity index (χ4v) is 4.67. The number of hydrogen-bond donors (Lipinski definition) is 1. The zero-order valence-electron chi connectivity index (χ0n) is 14.5. The van der Waals surface area contributed by atoms with Crippen LogP contribution < -0.4 is 5.32 Å². The Morgan fingerprint density at radius 1 is 1.11 bits per heavy atom. The number of aromatic nitrogens is 2. The van der Waals surface area contributed by atoms with Gasteiger partial charge < -0.3 is 10.2 Å². The number of thiophene rings is 1. The Hall–Kier alpha value is -2.58. The Kier molecular flexibility index (Phi) is 5.26. The number of para-hydroxylation sites is 1. The van der Waals surface area contributed by atoms with Gasteiger partial charge in [0.2, 0.25) is 5.01 Å². The molecule has 0 bridgehead atoms. The van der Waals surface area contributed by atoms with Crippen LogP contribution in [0.4, 0.5) is 5.69 Å². The van der Waals surface area contributed by atoms with E-state index in [0.717, 1.165) is 35.0 Å². The zero-order valence-corrected chi connectivity index (χ0v) is 16.1. The molecule has 1 aliphatic heterocycles. The third-order valence-corrected chi connectivity index (χ3v) is 6.40. The molecule has 1 aliphatic rings. The fourth-order valence-electron chi connectivity index (χ4n) is 3.12. The minimum absolute atomic E-state index is 0.0706. The van der Waals surface area contributed by atoms with E-state index in [1.807, 2.05) is 52.7 Å². The lowest BCUT2D eigenvalue weighted by Gasteiger charge is -2.31. The highest BCUT2D eigenvalue weighted by Gasteiger charge is 2.28. The Balaban J connectivity index is 1.43. The molecule has 1 saturated heterocycles. The van der Waals surface area contributed by atoms with E-state index in [9.17, 15) is 9.59 Å². The first kappa shape index (κ1) is 17.8. The SMILES string of the molecule is O=C(Nc1ccccc1)c1nnc([C@H]2CCCN(C(=O)c3cccs3)C2)s1. The van der Waals surface area contributed by atoms with E-state index in [4.69, 9.17) is 0 Å². The molecule has 0 unspecified atom stereocenters. The van der Waals surface area contributed by atoms with E-state index < -0.39 is 0 Å². The first-order valence-electron chi connectivity index (χ1n) is 8.73. The molecule has 2 aromatic heterocycles. The minimum atomic E-state index is -0.257. The topological polar surface area (TPSA) is 75.2 Å². The van der Waals surface area contributed by atoms with Crippen molar-refractivity contribution in [2.45, 2.75) is 18.8 Å². The van der Waals surface area contributed by atoms with Crippen LogP contribution in [-0.2, 0) is 0 Å². The van der Waals surface area contributed by atoms with Gasteiger partial charge in [0.15, 0.2) is 0 Å². The van der Waals surface area contributed by atoms with Crippen molar-refractivity contribution in [2.75, 3.05) is 18.4 Å². The number of nitrogens with one attached hydrogen (secondary N) is 1. The highest BCUT2D eigenvalue weighted by Crippen LogP contribution is 2.30. The molecule has 27 heavy (non-hydrogen) atoms. The monoisotopic (exact) mass is 398 g/mol. The number of nitrogens with zero attached hydrogens (tertiary/aromatic N) is 3. The zero-order chi connectivity index (χ0) is 18.6. The maximum atomic E-state index is 12.6. The summed E-state index contributed by atoms with van der Waals surface area (Å²) in [5.74, 6) is -0.0630. The van der Waals surface area contributed by atoms with Crippen LogP contribution in [0.15, 0.2) is 47.8 Å². The van der Waals surface area contributed by atoms with Gasteiger partial charge in [-0.15, -0.1) is 21.5 Å². The van der Waals surface area contributed by atoms with Crippen molar-refractivity contribution >= 4 is 40.2 Å². The molecule has 6 nitrogen and oxygen atoms in total. The molecule has 8 heteroatoms. The Bertz CT molecular complexity index is 924. The maximum absolute atomic E-state index is 12.6. The predicted octanol–water partition coefficient (Wildman–Crippen LogP) is 3.87. The third kappa shape index (κ3) is 4.06. The van der Waals surface area contributed by atoms with Crippen LogP contribution in [0.1, 0.15) is 43.2 Å². The van der Waals surface area contributed by atoms with Crippen molar-refractivity contribution in [3.63, 3.8) is 0 Å². The van der Waals surface area contributed by atoms with E-state index in [1.165, 1.54) is 22.7 Å². The number of likely N-dealkylation sites (tertiary alicyclic amines) is 1. The van der Waals surface area contributed by atoms with Crippen molar-refractivity contribution in [2.24, 2.45) is 0 Å². The van der Waals surface area contributed by atoms with Gasteiger partial charge in [0.05, 0.1) is 4.88 Å². The Morgan fingerprint density at radius 3 is 2.74 bits per heavy atom. The average molecular weight is 399 g/mol. The summed E-state index contributed by atoms with van der Waals surface area (Å²) in [4.78, 5) is 27.6. The number of anilines is 1. The second-order valence-electron chi connectivity index (χ2n) is 6.33. The van der Waals surface area contributed by atoms with Gasteiger partial charge in [-0.05, 0) is 36.4 Å². The number of piperidine rings is 1. The summed E-state index contributed by atoms with van der Waals surface area (Å²) in [6, 6.07) is 13.0. The summed E-state index contributed by atoms with van der Waals surface area (Å²) in [6.45, 7) is 1.37. The predicted molar refractivity (Wildman–Crippen MR) is 107 cm³/mol. The van der Waals surface area contributed by atoms with Gasteiger partial charge in [0.25, 0.3) is 11.8 Å². The molecule has 2 amide bonds. The Labute approximate surface area is 164 Å². The number of carbonyl (C=O) groups excluding carboxylic acids is 2. The average Bonchev–Trinajstić information content (AvgIpc) is 3.40. The van der Waals surface area contributed by atoms with E-state index in [-0.39, 0.29) is 17.7 Å². The molecule has 3 heterocycles. The second-order valence-corrected chi connectivity index (χ2v) is 8.29. The molecule has 138 valence electrons. The highest BCUT2D eigenvalue weighted by molar-refractivity contribution is 7.13. The van der Waals surface area contributed by atoms with E-state index in [1.54, 1.807) is 0 Å². The summed E-state index contributed by atoms with van der Waals surface area (Å²) in [7, 11) is 0. The maximum Gasteiger partial charge on any atom is 0.286 e. The van der Waals surface area contributed by atoms with E-state index in [2.05, 4.69) is 15.5 Å². The number of amides is 2. The molecule has 0 spiro atoms. The van der Waals surface area contributed by atoms with Gasteiger partial charge >= 0.3 is 0 Å². The summed E-state index contributed by atoms with van der Waals surface area (Å²) < 4.78 is 0. The van der Waals surface area contributed by atoms with Crippen LogP contribution >= 0.6 is 22.7 Å². The van der Waals surface area contributed by atoms with Crippen LogP contribution in [0.2, 0.25) is 0 Å². The third-order valence-electron chi connectivity index (χ3n) is 4.46. The number of rotatable bonds is 4. The van der Waals surface area contributed by atoms with Gasteiger partial charge in [0.1, 0.15) is 5.01 Å². The highest BCUT2D eigenvalue weighted by atomic mass is 32.1. The fraction of sp³-hybridized carbons (Fsp3) is 0.263. The molecule has 3 aromatic rings. The number of benzene rings is 1. The van der Waals surface area contributed by atoms with Crippen LogP contribution in [-0.4, -0.2) is 40.0 Å². The molecule has 1 aromatic carbocycles. The molecule has 0 aliphatic carbocycles. The first-order valence-corrected chi connectivity index (χ1v) is 10.4. The van der Waals surface area contributed by atoms with Gasteiger partial charge in [-0.2, -0.15) is 0 Å². The number of hydrogen-bond acceptors (Lipinski definition) is 6. The summed E-state index contributed by atoms with van der Waals surface area (Å²) in [6.07, 6.45) is 1.87. The van der Waals surface area contributed by atoms with Crippen LogP contribution in [0.3, 0.4) is 0 Å². The summed E-state index contributed by atoms with van der Waals surface area (Å²) in [5, 5.41) is 14.2. The first-order chi connectivity index (χ1) is 13.2. The van der Waals surface area contributed by atoms with Crippen molar-refractivity contribution in [1.29, 1.82) is 0 Å². The van der Waals surface area contributed by atoms with Gasteiger partial charge in [-0.1, -0.05) is 35.6 Å². The molecule has 1 N–H and O–H groups in total. The van der Waals surface area contributed by atoms with Crippen LogP contribution in [0.25, 0.3) is 0 Å². The second kappa shape index (κ2) is 7.98. The smallest absolute Gasteiger partial charge is 0.286 e. The lowest BCUT2D eigenvalue weighted by molar-refractivity contribution is 0.0711. The summed E-state index contributed by atoms with van der Waals surface area (Å²) in [5.41, 5.74) is 0.727. The lowest BCUT2D eigenvalue weighted by atomic mass is 9.98. The quantitative estimate of drug-likeness (QED) is 0.724. The van der Waals surface area contributed by atoms with Gasteiger partial charge in [0, 0.05) is 24.7 Å². The van der Waals surface area contributed by atoms with Crippen molar-refractivity contribution in [3.05, 3.63) is 62.7 Å². The summed E-state index contributed by atoms with van der Waals surface area (Å²) >= 11 is 2.77. The Morgan fingerprint density at radius 2 is 1.96 bits per heavy atom. The van der Waals surface area contributed by atoms with Gasteiger partial charge in [-0.25, -0.2) is 0 Å². The number of carbonyl (C=O) groups is 2. The van der Waals surface area contributed by atoms with Gasteiger partial charge in [-0.3, -0.25) is 9.59 Å². The largest absolute Gasteiger partial charge is 0.337 e. The van der Waals surface area contributed by atoms with Crippen LogP contribution in [0.5, 0.6) is 0 Å². The van der Waals surface area contributed by atoms with Crippen molar-refractivity contribution in [1.82, 2.24) is 15.1 Å². The van der Waals surface area contributed by atoms with Crippen molar-refractivity contribution < 1.29 is 9.59 Å². The van der Waals surface area contributed by atoms with E-state index >= 15 is 0 Å². The lowest BCUT2D eigenvalue weighted by Crippen LogP contribution is -2.38. The normalized spacial score (nSPS) is 16.9. The standard InChI is InChI=1S/C19H18N4O2S2/c24-16(20-14-7-2-1-3-8-14)18-22-21-17(27-18)13-6-4-10-23(12-13)19(25)15-9-5-11-26-15/h1-3,5,7-9,11,13H,4,6,10,12H2,(H,20,24)/t13-/m0/s1. The van der Waals surface area contributed by atoms with E-state index in [0.29, 0.717) is 11.6 Å². The molecule has 4 rings (SSSR count). The molecule has 1 fully saturated rings. The molecular weight excluding hydrogens is 380 g/mol. The molecular formula is C19H18N4O2S2. The molecule has 0 radical (unpaired) electrons. The molecule has 0 saturated carbocycles.